The van der Waals surface area contributed by atoms with Gasteiger partial charge in [0.1, 0.15) is 5.58 Å². The predicted molar refractivity (Wildman–Crippen MR) is 234 cm³/mol. The van der Waals surface area contributed by atoms with Gasteiger partial charge in [0.05, 0.1) is 33.1 Å². The summed E-state index contributed by atoms with van der Waals surface area (Å²) in [5, 5.41) is 11.6. The van der Waals surface area contributed by atoms with Crippen LogP contribution in [0.3, 0.4) is 0 Å². The summed E-state index contributed by atoms with van der Waals surface area (Å²) in [6.45, 7) is 0. The lowest BCUT2D eigenvalue weighted by Gasteiger charge is -2.12. The molecule has 0 fully saturated rings. The van der Waals surface area contributed by atoms with Crippen molar-refractivity contribution in [2.24, 2.45) is 0 Å². The lowest BCUT2D eigenvalue weighted by molar-refractivity contribution is 0.651. The first-order valence-electron chi connectivity index (χ1n) is 18.8. The van der Waals surface area contributed by atoms with Crippen LogP contribution in [0.25, 0.3) is 120 Å². The summed E-state index contributed by atoms with van der Waals surface area (Å²) in [4.78, 5) is 10.9. The van der Waals surface area contributed by atoms with Crippen LogP contribution in [0.4, 0.5) is 0 Å². The molecule has 0 radical (unpaired) electrons. The summed E-state index contributed by atoms with van der Waals surface area (Å²) < 4.78 is 13.8. The van der Waals surface area contributed by atoms with Gasteiger partial charge in [-0.25, -0.2) is 4.98 Å². The summed E-state index contributed by atoms with van der Waals surface area (Å²) >= 11 is 1.87. The van der Waals surface area contributed by atoms with Gasteiger partial charge in [0.2, 0.25) is 11.7 Å². The Morgan fingerprint density at radius 2 is 1.09 bits per heavy atom. The SMILES string of the molecule is c1ccc(-n2c3ccccc3c3cc(-c4nc(-n5c6ccccc6c6c7c8ccccc8sc7c7ccccc7c65)nc5oc6ccccc6c45)ccc32)cc1. The molecule has 13 aromatic rings. The summed E-state index contributed by atoms with van der Waals surface area (Å²) in [7, 11) is 0. The van der Waals surface area contributed by atoms with E-state index in [0.717, 1.165) is 60.8 Å². The zero-order valence-corrected chi connectivity index (χ0v) is 30.6. The van der Waals surface area contributed by atoms with Gasteiger partial charge >= 0.3 is 0 Å². The van der Waals surface area contributed by atoms with Crippen LogP contribution < -0.4 is 0 Å². The molecule has 0 N–H and O–H groups in total. The van der Waals surface area contributed by atoms with Gasteiger partial charge in [-0.1, -0.05) is 121 Å². The largest absolute Gasteiger partial charge is 0.437 e. The molecule has 8 aromatic carbocycles. The van der Waals surface area contributed by atoms with Crippen molar-refractivity contribution in [1.29, 1.82) is 0 Å². The van der Waals surface area contributed by atoms with Crippen molar-refractivity contribution >= 4 is 108 Å². The number of furan rings is 1. The van der Waals surface area contributed by atoms with Crippen LogP contribution in [0.5, 0.6) is 0 Å². The molecule has 0 amide bonds. The first kappa shape index (κ1) is 30.1. The van der Waals surface area contributed by atoms with E-state index in [2.05, 4.69) is 167 Å². The minimum atomic E-state index is 0.565. The van der Waals surface area contributed by atoms with E-state index in [1.54, 1.807) is 0 Å². The van der Waals surface area contributed by atoms with E-state index in [4.69, 9.17) is 14.4 Å². The maximum atomic E-state index is 6.63. The monoisotopic (exact) mass is 732 g/mol. The van der Waals surface area contributed by atoms with Crippen LogP contribution in [-0.2, 0) is 0 Å². The lowest BCUT2D eigenvalue weighted by atomic mass is 10.00. The quantitative estimate of drug-likeness (QED) is 0.182. The van der Waals surface area contributed by atoms with E-state index in [-0.39, 0.29) is 0 Å². The molecule has 0 atom stereocenters. The van der Waals surface area contributed by atoms with Crippen molar-refractivity contribution in [3.05, 3.63) is 170 Å². The average Bonchev–Trinajstić information content (AvgIpc) is 4.01. The molecule has 0 saturated carbocycles. The molecule has 56 heavy (non-hydrogen) atoms. The molecule has 0 spiro atoms. The summed E-state index contributed by atoms with van der Waals surface area (Å²) in [5.41, 5.74) is 8.79. The second-order valence-corrected chi connectivity index (χ2v) is 15.5. The summed E-state index contributed by atoms with van der Waals surface area (Å²) in [6.07, 6.45) is 0. The van der Waals surface area contributed by atoms with Gasteiger partial charge < -0.3 is 8.98 Å². The minimum absolute atomic E-state index is 0.565. The maximum Gasteiger partial charge on any atom is 0.238 e. The molecular weight excluding hydrogens is 705 g/mol. The molecule has 6 heteroatoms. The van der Waals surface area contributed by atoms with Crippen LogP contribution in [0.15, 0.2) is 174 Å². The van der Waals surface area contributed by atoms with Crippen LogP contribution in [0.2, 0.25) is 0 Å². The normalized spacial score (nSPS) is 12.3. The van der Waals surface area contributed by atoms with Crippen molar-refractivity contribution in [2.75, 3.05) is 0 Å². The highest BCUT2D eigenvalue weighted by molar-refractivity contribution is 7.27. The van der Waals surface area contributed by atoms with Crippen LogP contribution in [0.1, 0.15) is 0 Å². The Balaban J connectivity index is 1.18. The van der Waals surface area contributed by atoms with Crippen LogP contribution in [-0.4, -0.2) is 19.1 Å². The van der Waals surface area contributed by atoms with Gasteiger partial charge in [0, 0.05) is 69.1 Å². The number of aromatic nitrogens is 4. The molecule has 13 rings (SSSR count). The number of para-hydroxylation sites is 4. The van der Waals surface area contributed by atoms with E-state index in [1.807, 2.05) is 23.5 Å². The Morgan fingerprint density at radius 1 is 0.446 bits per heavy atom. The molecule has 5 heterocycles. The van der Waals surface area contributed by atoms with E-state index >= 15 is 0 Å². The van der Waals surface area contributed by atoms with E-state index in [1.165, 1.54) is 47.1 Å². The van der Waals surface area contributed by atoms with Crippen LogP contribution in [0, 0.1) is 0 Å². The number of nitrogens with zero attached hydrogens (tertiary/aromatic N) is 4. The highest BCUT2D eigenvalue weighted by atomic mass is 32.1. The number of benzene rings is 8. The number of fused-ring (bicyclic) bond motifs is 16. The molecule has 260 valence electrons. The van der Waals surface area contributed by atoms with Crippen molar-refractivity contribution in [2.45, 2.75) is 0 Å². The first-order chi connectivity index (χ1) is 27.8. The standard InChI is InChI=1S/C50H28N4OS/c1-2-14-30(15-3-1)53-38-22-10-6-16-31(38)37-28-29(26-27-40(37)53)46-45-35-20-8-12-24-41(35)55-49(45)52-50(51-46)54-39-23-11-7-19-34(39)43-44-36-21-9-13-25-42(36)56-48(44)33-18-5-4-17-32(33)47(43)54/h1-28H. The smallest absolute Gasteiger partial charge is 0.238 e. The molecule has 0 aliphatic heterocycles. The van der Waals surface area contributed by atoms with Gasteiger partial charge in [-0.3, -0.25) is 4.57 Å². The fourth-order valence-corrected chi connectivity index (χ4v) is 10.5. The lowest BCUT2D eigenvalue weighted by Crippen LogP contribution is -2.03. The van der Waals surface area contributed by atoms with Gasteiger partial charge in [-0.15, -0.1) is 11.3 Å². The third-order valence-electron chi connectivity index (χ3n) is 11.5. The fourth-order valence-electron chi connectivity index (χ4n) is 9.22. The summed E-state index contributed by atoms with van der Waals surface area (Å²) in [6, 6.07) is 60.4. The number of thiophene rings is 1. The summed E-state index contributed by atoms with van der Waals surface area (Å²) in [5.74, 6) is 0.577. The number of rotatable bonds is 3. The van der Waals surface area contributed by atoms with Crippen molar-refractivity contribution in [3.63, 3.8) is 0 Å². The highest BCUT2D eigenvalue weighted by Gasteiger charge is 2.25. The maximum absolute atomic E-state index is 6.63. The number of hydrogen-bond acceptors (Lipinski definition) is 4. The molecule has 0 aliphatic rings. The predicted octanol–water partition coefficient (Wildman–Crippen LogP) is 13.8. The van der Waals surface area contributed by atoms with Crippen LogP contribution >= 0.6 is 11.3 Å². The van der Waals surface area contributed by atoms with E-state index in [0.29, 0.717) is 11.7 Å². The second-order valence-electron chi connectivity index (χ2n) is 14.5. The van der Waals surface area contributed by atoms with Crippen molar-refractivity contribution in [1.82, 2.24) is 19.1 Å². The fraction of sp³-hybridized carbons (Fsp3) is 0. The van der Waals surface area contributed by atoms with E-state index < -0.39 is 0 Å². The van der Waals surface area contributed by atoms with Gasteiger partial charge in [0.15, 0.2) is 0 Å². The van der Waals surface area contributed by atoms with Crippen molar-refractivity contribution < 1.29 is 4.42 Å². The molecule has 0 saturated heterocycles. The average molecular weight is 733 g/mol. The van der Waals surface area contributed by atoms with Gasteiger partial charge in [0.25, 0.3) is 0 Å². The minimum Gasteiger partial charge on any atom is -0.437 e. The third kappa shape index (κ3) is 3.98. The zero-order chi connectivity index (χ0) is 36.5. The van der Waals surface area contributed by atoms with Gasteiger partial charge in [-0.2, -0.15) is 4.98 Å². The third-order valence-corrected chi connectivity index (χ3v) is 12.7. The van der Waals surface area contributed by atoms with E-state index in [9.17, 15) is 0 Å². The molecule has 0 aliphatic carbocycles. The number of hydrogen-bond donors (Lipinski definition) is 0. The molecule has 0 bridgehead atoms. The first-order valence-corrected chi connectivity index (χ1v) is 19.7. The molecular formula is C50H28N4OS. The Labute approximate surface area is 322 Å². The molecule has 5 nitrogen and oxygen atoms in total. The molecule has 0 unspecified atom stereocenters. The Hall–Kier alpha value is -7.28. The topological polar surface area (TPSA) is 48.8 Å². The van der Waals surface area contributed by atoms with Gasteiger partial charge in [-0.05, 0) is 48.5 Å². The Kier molecular flexibility index (Phi) is 5.98. The zero-order valence-electron chi connectivity index (χ0n) is 29.8. The van der Waals surface area contributed by atoms with Crippen molar-refractivity contribution in [3.8, 4) is 22.9 Å². The second kappa shape index (κ2) is 11.1. The Bertz CT molecular complexity index is 3770. The highest BCUT2D eigenvalue weighted by Crippen LogP contribution is 2.48. The Morgan fingerprint density at radius 3 is 1.93 bits per heavy atom. The molecule has 5 aromatic heterocycles.